The first-order valence-electron chi connectivity index (χ1n) is 8.20. The minimum Gasteiger partial charge on any atom is -0.387 e. The largest absolute Gasteiger partial charge is 0.387 e. The first-order chi connectivity index (χ1) is 12.8. The molecule has 0 saturated carbocycles. The fourth-order valence-corrected chi connectivity index (χ4v) is 3.63. The molecule has 1 heterocycles. The van der Waals surface area contributed by atoms with Crippen LogP contribution in [0.2, 0.25) is 15.1 Å². The van der Waals surface area contributed by atoms with Gasteiger partial charge in [0.25, 0.3) is 5.91 Å². The smallest absolute Gasteiger partial charge is 0.278 e. The van der Waals surface area contributed by atoms with E-state index in [1.165, 1.54) is 0 Å². The Morgan fingerprint density at radius 2 is 1.74 bits per heavy atom. The lowest BCUT2D eigenvalue weighted by molar-refractivity contribution is 0.100. The number of fused-ring (bicyclic) bond motifs is 1. The highest BCUT2D eigenvalue weighted by molar-refractivity contribution is 6.42. The molecule has 0 aliphatic rings. The molecule has 0 aliphatic carbocycles. The zero-order valence-corrected chi connectivity index (χ0v) is 16.9. The van der Waals surface area contributed by atoms with Gasteiger partial charge in [-0.2, -0.15) is 4.99 Å². The van der Waals surface area contributed by atoms with E-state index in [9.17, 15) is 4.79 Å². The number of aliphatic imine (C=N–C) groups is 1. The number of nitrogens with two attached hydrogens (primary N) is 1. The Morgan fingerprint density at radius 3 is 2.37 bits per heavy atom. The summed E-state index contributed by atoms with van der Waals surface area (Å²) < 4.78 is 0. The Hall–Kier alpha value is -2.14. The molecule has 2 N–H and O–H groups in total. The molecule has 0 spiro atoms. The van der Waals surface area contributed by atoms with Gasteiger partial charge >= 0.3 is 0 Å². The van der Waals surface area contributed by atoms with Crippen molar-refractivity contribution in [3.05, 3.63) is 63.2 Å². The molecule has 0 saturated heterocycles. The first kappa shape index (κ1) is 19.6. The quantitative estimate of drug-likeness (QED) is 0.416. The van der Waals surface area contributed by atoms with Crippen LogP contribution in [-0.2, 0) is 0 Å². The summed E-state index contributed by atoms with van der Waals surface area (Å²) in [5, 5.41) is 2.01. The van der Waals surface area contributed by atoms with Crippen molar-refractivity contribution in [1.29, 1.82) is 0 Å². The fraction of sp³-hybridized carbons (Fsp3) is 0.150. The van der Waals surface area contributed by atoms with Crippen molar-refractivity contribution >= 4 is 57.4 Å². The third kappa shape index (κ3) is 4.08. The second-order valence-corrected chi connectivity index (χ2v) is 7.58. The summed E-state index contributed by atoms with van der Waals surface area (Å²) in [7, 11) is 0. The number of hydrogen-bond acceptors (Lipinski definition) is 2. The summed E-state index contributed by atoms with van der Waals surface area (Å²) in [6, 6.07) is 10.2. The molecule has 0 unspecified atom stereocenters. The number of benzene rings is 2. The number of hydrogen-bond donors (Lipinski definition) is 1. The van der Waals surface area contributed by atoms with Crippen molar-refractivity contribution in [1.82, 2.24) is 4.98 Å². The van der Waals surface area contributed by atoms with Crippen molar-refractivity contribution in [3.8, 4) is 11.1 Å². The van der Waals surface area contributed by atoms with Gasteiger partial charge in [-0.05, 0) is 42.0 Å². The second kappa shape index (κ2) is 7.85. The third-order valence-corrected chi connectivity index (χ3v) is 4.90. The summed E-state index contributed by atoms with van der Waals surface area (Å²) in [5.41, 5.74) is 8.30. The lowest BCUT2D eigenvalue weighted by Gasteiger charge is -2.11. The van der Waals surface area contributed by atoms with Crippen molar-refractivity contribution in [2.75, 3.05) is 0 Å². The Bertz CT molecular complexity index is 1050. The summed E-state index contributed by atoms with van der Waals surface area (Å²) >= 11 is 18.8. The molecule has 1 aromatic heterocycles. The molecule has 0 bridgehead atoms. The molecule has 3 rings (SSSR count). The van der Waals surface area contributed by atoms with Crippen molar-refractivity contribution in [2.45, 2.75) is 13.8 Å². The zero-order valence-electron chi connectivity index (χ0n) is 14.6. The van der Waals surface area contributed by atoms with Gasteiger partial charge in [0.15, 0.2) is 0 Å². The van der Waals surface area contributed by atoms with E-state index >= 15 is 0 Å². The highest BCUT2D eigenvalue weighted by Crippen LogP contribution is 2.40. The van der Waals surface area contributed by atoms with Gasteiger partial charge in [-0.25, -0.2) is 0 Å². The van der Waals surface area contributed by atoms with E-state index in [1.807, 2.05) is 13.8 Å². The average Bonchev–Trinajstić information content (AvgIpc) is 2.60. The number of amidine groups is 1. The molecule has 0 fully saturated rings. The maximum absolute atomic E-state index is 12.5. The molecule has 3 aromatic rings. The van der Waals surface area contributed by atoms with Crippen LogP contribution in [0.15, 0.2) is 47.6 Å². The minimum atomic E-state index is -0.411. The van der Waals surface area contributed by atoms with E-state index in [0.29, 0.717) is 31.7 Å². The van der Waals surface area contributed by atoms with Crippen LogP contribution in [0.5, 0.6) is 0 Å². The zero-order chi connectivity index (χ0) is 19.7. The normalized spacial score (nSPS) is 12.0. The van der Waals surface area contributed by atoms with E-state index in [4.69, 9.17) is 40.5 Å². The number of carbonyl (C=O) groups excluding carboxylic acids is 1. The van der Waals surface area contributed by atoms with Crippen LogP contribution in [0.25, 0.3) is 22.0 Å². The molecule has 7 heteroatoms. The first-order valence-corrected chi connectivity index (χ1v) is 9.33. The minimum absolute atomic E-state index is 0.0154. The SMILES string of the molecule is CC(C)C(N)=NC(=O)c1ccc2nccc(-c3c(Cl)cc(Cl)cc3Cl)c2c1. The molecular weight excluding hydrogens is 405 g/mol. The van der Waals surface area contributed by atoms with Crippen LogP contribution in [0.3, 0.4) is 0 Å². The van der Waals surface area contributed by atoms with Gasteiger partial charge in [0.2, 0.25) is 0 Å². The van der Waals surface area contributed by atoms with Crippen LogP contribution in [-0.4, -0.2) is 16.7 Å². The number of amides is 1. The summed E-state index contributed by atoms with van der Waals surface area (Å²) in [6.45, 7) is 3.75. The van der Waals surface area contributed by atoms with E-state index in [2.05, 4.69) is 9.98 Å². The number of aromatic nitrogens is 1. The van der Waals surface area contributed by atoms with Crippen molar-refractivity contribution in [2.24, 2.45) is 16.6 Å². The maximum Gasteiger partial charge on any atom is 0.278 e. The molecule has 138 valence electrons. The van der Waals surface area contributed by atoms with Crippen LogP contribution in [0.1, 0.15) is 24.2 Å². The van der Waals surface area contributed by atoms with E-state index in [0.717, 1.165) is 10.9 Å². The van der Waals surface area contributed by atoms with E-state index < -0.39 is 5.91 Å². The van der Waals surface area contributed by atoms with E-state index in [1.54, 1.807) is 42.6 Å². The molecule has 0 aliphatic heterocycles. The van der Waals surface area contributed by atoms with Gasteiger partial charge < -0.3 is 5.73 Å². The summed E-state index contributed by atoms with van der Waals surface area (Å²) in [4.78, 5) is 20.8. The molecule has 4 nitrogen and oxygen atoms in total. The number of nitrogens with zero attached hydrogens (tertiary/aromatic N) is 2. The molecule has 27 heavy (non-hydrogen) atoms. The Morgan fingerprint density at radius 1 is 1.07 bits per heavy atom. The Labute approximate surface area is 172 Å². The predicted molar refractivity (Wildman–Crippen MR) is 113 cm³/mol. The van der Waals surface area contributed by atoms with Crippen LogP contribution < -0.4 is 5.73 Å². The van der Waals surface area contributed by atoms with Crippen LogP contribution >= 0.6 is 34.8 Å². The summed E-state index contributed by atoms with van der Waals surface area (Å²) in [6.07, 6.45) is 1.66. The average molecular weight is 421 g/mol. The number of rotatable bonds is 3. The monoisotopic (exact) mass is 419 g/mol. The fourth-order valence-electron chi connectivity index (χ4n) is 2.61. The van der Waals surface area contributed by atoms with Gasteiger partial charge in [-0.1, -0.05) is 48.7 Å². The number of halogens is 3. The lowest BCUT2D eigenvalue weighted by atomic mass is 9.99. The molecule has 2 aromatic carbocycles. The second-order valence-electron chi connectivity index (χ2n) is 6.33. The number of pyridine rings is 1. The standard InChI is InChI=1S/C20H16Cl3N3O/c1-10(2)19(24)26-20(27)11-3-4-17-14(7-11)13(5-6-25-17)18-15(22)8-12(21)9-16(18)23/h3-10H,1-2H3,(H2,24,26,27). The predicted octanol–water partition coefficient (Wildman–Crippen LogP) is 6.02. The Balaban J connectivity index is 2.19. The topological polar surface area (TPSA) is 68.3 Å². The third-order valence-electron chi connectivity index (χ3n) is 4.09. The molecular formula is C20H16Cl3N3O. The molecule has 1 amide bonds. The van der Waals surface area contributed by atoms with Crippen LogP contribution in [0, 0.1) is 5.92 Å². The van der Waals surface area contributed by atoms with Gasteiger partial charge in [-0.3, -0.25) is 9.78 Å². The number of carbonyl (C=O) groups is 1. The van der Waals surface area contributed by atoms with Gasteiger partial charge in [0.1, 0.15) is 5.84 Å². The highest BCUT2D eigenvalue weighted by atomic mass is 35.5. The van der Waals surface area contributed by atoms with Gasteiger partial charge in [0, 0.05) is 33.7 Å². The van der Waals surface area contributed by atoms with Gasteiger partial charge in [0.05, 0.1) is 15.6 Å². The maximum atomic E-state index is 12.5. The summed E-state index contributed by atoms with van der Waals surface area (Å²) in [5.74, 6) is -0.139. The highest BCUT2D eigenvalue weighted by Gasteiger charge is 2.15. The van der Waals surface area contributed by atoms with Crippen molar-refractivity contribution in [3.63, 3.8) is 0 Å². The molecule has 0 radical (unpaired) electrons. The lowest BCUT2D eigenvalue weighted by Crippen LogP contribution is -2.20. The molecule has 0 atom stereocenters. The van der Waals surface area contributed by atoms with E-state index in [-0.39, 0.29) is 11.8 Å². The van der Waals surface area contributed by atoms with Gasteiger partial charge in [-0.15, -0.1) is 0 Å². The Kier molecular flexibility index (Phi) is 5.70. The van der Waals surface area contributed by atoms with Crippen LogP contribution in [0.4, 0.5) is 0 Å². The van der Waals surface area contributed by atoms with Crippen molar-refractivity contribution < 1.29 is 4.79 Å².